The SMILES string of the molecule is COc1cc(/C=C2/C(=O)NC(=O)N(c3ccc(OCc4ccccc4)cc3)C2=O)cc(Br)c1OCC(=O)Nc1ccc(C)c(Cl)c1. The van der Waals surface area contributed by atoms with Crippen molar-refractivity contribution in [3.8, 4) is 17.2 Å². The number of carbonyl (C=O) groups is 4. The minimum absolute atomic E-state index is 0.229. The number of rotatable bonds is 10. The highest BCUT2D eigenvalue weighted by atomic mass is 79.9. The first-order valence-electron chi connectivity index (χ1n) is 13.9. The highest BCUT2D eigenvalue weighted by molar-refractivity contribution is 9.10. The predicted molar refractivity (Wildman–Crippen MR) is 177 cm³/mol. The molecule has 10 nitrogen and oxygen atoms in total. The van der Waals surface area contributed by atoms with Gasteiger partial charge in [-0.15, -0.1) is 0 Å². The smallest absolute Gasteiger partial charge is 0.335 e. The van der Waals surface area contributed by atoms with Gasteiger partial charge in [0.1, 0.15) is 17.9 Å². The maximum Gasteiger partial charge on any atom is 0.335 e. The van der Waals surface area contributed by atoms with Crippen LogP contribution < -0.4 is 29.7 Å². The molecule has 0 spiro atoms. The molecule has 1 aliphatic heterocycles. The molecule has 0 atom stereocenters. The van der Waals surface area contributed by atoms with Gasteiger partial charge in [0.2, 0.25) is 0 Å². The second-order valence-corrected chi connectivity index (χ2v) is 11.3. The zero-order valence-electron chi connectivity index (χ0n) is 24.6. The van der Waals surface area contributed by atoms with Crippen LogP contribution >= 0.6 is 27.5 Å². The van der Waals surface area contributed by atoms with Crippen molar-refractivity contribution in [2.24, 2.45) is 0 Å². The van der Waals surface area contributed by atoms with Crippen LogP contribution in [0.15, 0.2) is 95.0 Å². The lowest BCUT2D eigenvalue weighted by molar-refractivity contribution is -0.122. The number of imide groups is 2. The van der Waals surface area contributed by atoms with Crippen LogP contribution in [0.25, 0.3) is 6.08 Å². The van der Waals surface area contributed by atoms with E-state index in [0.29, 0.717) is 33.1 Å². The molecular formula is C34H27BrClN3O7. The van der Waals surface area contributed by atoms with Crippen LogP contribution in [0.4, 0.5) is 16.2 Å². The summed E-state index contributed by atoms with van der Waals surface area (Å²) in [6, 6.07) is 23.4. The third-order valence-electron chi connectivity index (χ3n) is 6.81. The molecule has 234 valence electrons. The number of barbiturate groups is 1. The molecule has 2 N–H and O–H groups in total. The number of urea groups is 1. The number of methoxy groups -OCH3 is 1. The Morgan fingerprint density at radius 3 is 2.41 bits per heavy atom. The predicted octanol–water partition coefficient (Wildman–Crippen LogP) is 6.68. The van der Waals surface area contributed by atoms with E-state index in [9.17, 15) is 19.2 Å². The standard InChI is InChI=1S/C34H27BrClN3O7/c1-20-8-9-23(17-28(20)36)37-30(40)19-46-31-27(35)15-22(16-29(31)44-2)14-26-32(41)38-34(43)39(33(26)42)24-10-12-25(13-11-24)45-18-21-6-4-3-5-7-21/h3-17H,18-19H2,1-2H3,(H,37,40)(H,38,41,43)/b26-14-. The molecule has 4 aromatic carbocycles. The fraction of sp³-hybridized carbons (Fsp3) is 0.118. The topological polar surface area (TPSA) is 123 Å². The third-order valence-corrected chi connectivity index (χ3v) is 7.81. The van der Waals surface area contributed by atoms with E-state index in [1.165, 1.54) is 19.3 Å². The Hall–Kier alpha value is -5.13. The second-order valence-electron chi connectivity index (χ2n) is 10.1. The number of nitrogens with zero attached hydrogens (tertiary/aromatic N) is 1. The van der Waals surface area contributed by atoms with Gasteiger partial charge in [-0.05, 0) is 94.2 Å². The van der Waals surface area contributed by atoms with Crippen LogP contribution in [0, 0.1) is 6.92 Å². The van der Waals surface area contributed by atoms with Crippen molar-refractivity contribution in [3.05, 3.63) is 117 Å². The van der Waals surface area contributed by atoms with Crippen molar-refractivity contribution < 1.29 is 33.4 Å². The minimum Gasteiger partial charge on any atom is -0.493 e. The van der Waals surface area contributed by atoms with Crippen molar-refractivity contribution in [1.29, 1.82) is 0 Å². The largest absolute Gasteiger partial charge is 0.493 e. The summed E-state index contributed by atoms with van der Waals surface area (Å²) >= 11 is 9.55. The van der Waals surface area contributed by atoms with Crippen LogP contribution in [0.3, 0.4) is 0 Å². The number of nitrogens with one attached hydrogen (secondary N) is 2. The summed E-state index contributed by atoms with van der Waals surface area (Å²) in [7, 11) is 1.41. The van der Waals surface area contributed by atoms with E-state index in [1.54, 1.807) is 48.5 Å². The summed E-state index contributed by atoms with van der Waals surface area (Å²) < 4.78 is 17.4. The summed E-state index contributed by atoms with van der Waals surface area (Å²) in [5.74, 6) is -1.08. The van der Waals surface area contributed by atoms with Gasteiger partial charge in [0.05, 0.1) is 17.3 Å². The summed E-state index contributed by atoms with van der Waals surface area (Å²) in [5, 5.41) is 5.45. The molecule has 5 amide bonds. The second kappa shape index (κ2) is 14.3. The van der Waals surface area contributed by atoms with E-state index in [4.69, 9.17) is 25.8 Å². The van der Waals surface area contributed by atoms with E-state index in [1.807, 2.05) is 37.3 Å². The molecule has 0 unspecified atom stereocenters. The molecule has 12 heteroatoms. The molecular weight excluding hydrogens is 678 g/mol. The fourth-order valence-electron chi connectivity index (χ4n) is 4.46. The van der Waals surface area contributed by atoms with E-state index < -0.39 is 23.8 Å². The Bertz CT molecular complexity index is 1850. The van der Waals surface area contributed by atoms with Crippen LogP contribution in [0.5, 0.6) is 17.2 Å². The first kappa shape index (κ1) is 32.3. The zero-order chi connectivity index (χ0) is 32.8. The summed E-state index contributed by atoms with van der Waals surface area (Å²) in [6.07, 6.45) is 1.33. The van der Waals surface area contributed by atoms with Crippen molar-refractivity contribution >= 4 is 68.7 Å². The molecule has 1 saturated heterocycles. The molecule has 0 bridgehead atoms. The van der Waals surface area contributed by atoms with Gasteiger partial charge in [0.25, 0.3) is 17.7 Å². The van der Waals surface area contributed by atoms with E-state index >= 15 is 0 Å². The van der Waals surface area contributed by atoms with Crippen LogP contribution in [-0.2, 0) is 21.0 Å². The summed E-state index contributed by atoms with van der Waals surface area (Å²) in [4.78, 5) is 52.3. The highest BCUT2D eigenvalue weighted by Crippen LogP contribution is 2.37. The van der Waals surface area contributed by atoms with Gasteiger partial charge in [-0.25, -0.2) is 9.69 Å². The van der Waals surface area contributed by atoms with Crippen LogP contribution in [-0.4, -0.2) is 37.5 Å². The lowest BCUT2D eigenvalue weighted by Crippen LogP contribution is -2.54. The zero-order valence-corrected chi connectivity index (χ0v) is 27.0. The molecule has 0 aliphatic carbocycles. The average molecular weight is 705 g/mol. The number of anilines is 2. The first-order valence-corrected chi connectivity index (χ1v) is 15.0. The molecule has 1 heterocycles. The van der Waals surface area contributed by atoms with Crippen molar-refractivity contribution in [3.63, 3.8) is 0 Å². The van der Waals surface area contributed by atoms with Gasteiger partial charge in [-0.1, -0.05) is 48.0 Å². The van der Waals surface area contributed by atoms with Gasteiger partial charge < -0.3 is 19.5 Å². The normalized spacial score (nSPS) is 13.8. The van der Waals surface area contributed by atoms with E-state index in [0.717, 1.165) is 16.0 Å². The molecule has 5 rings (SSSR count). The number of hydrogen-bond donors (Lipinski definition) is 2. The molecule has 0 saturated carbocycles. The minimum atomic E-state index is -0.876. The van der Waals surface area contributed by atoms with Gasteiger partial charge in [0, 0.05) is 10.7 Å². The van der Waals surface area contributed by atoms with Crippen molar-refractivity contribution in [1.82, 2.24) is 5.32 Å². The van der Waals surface area contributed by atoms with Crippen molar-refractivity contribution in [2.75, 3.05) is 23.9 Å². The molecule has 1 fully saturated rings. The van der Waals surface area contributed by atoms with Crippen molar-refractivity contribution in [2.45, 2.75) is 13.5 Å². The molecule has 4 aromatic rings. The number of benzene rings is 4. The van der Waals surface area contributed by atoms with E-state index in [-0.39, 0.29) is 29.4 Å². The lowest BCUT2D eigenvalue weighted by atomic mass is 10.1. The molecule has 0 aromatic heterocycles. The monoisotopic (exact) mass is 703 g/mol. The highest BCUT2D eigenvalue weighted by Gasteiger charge is 2.37. The van der Waals surface area contributed by atoms with Gasteiger partial charge in [-0.2, -0.15) is 0 Å². The number of carbonyl (C=O) groups excluding carboxylic acids is 4. The Kier molecular flexibility index (Phi) is 10.0. The molecule has 1 aliphatic rings. The Labute approximate surface area is 278 Å². The van der Waals surface area contributed by atoms with Gasteiger partial charge in [-0.3, -0.25) is 19.7 Å². The first-order chi connectivity index (χ1) is 22.1. The average Bonchev–Trinajstić information content (AvgIpc) is 3.04. The number of halogens is 2. The Morgan fingerprint density at radius 2 is 1.72 bits per heavy atom. The van der Waals surface area contributed by atoms with Crippen LogP contribution in [0.1, 0.15) is 16.7 Å². The maximum atomic E-state index is 13.4. The molecule has 0 radical (unpaired) electrons. The fourth-order valence-corrected chi connectivity index (χ4v) is 5.21. The Morgan fingerprint density at radius 1 is 0.978 bits per heavy atom. The van der Waals surface area contributed by atoms with Gasteiger partial charge >= 0.3 is 6.03 Å². The van der Waals surface area contributed by atoms with E-state index in [2.05, 4.69) is 26.6 Å². The van der Waals surface area contributed by atoms with Gasteiger partial charge in [0.15, 0.2) is 18.1 Å². The van der Waals surface area contributed by atoms with Crippen LogP contribution in [0.2, 0.25) is 5.02 Å². The summed E-state index contributed by atoms with van der Waals surface area (Å²) in [6.45, 7) is 1.87. The Balaban J connectivity index is 1.30. The number of amides is 5. The quantitative estimate of drug-likeness (QED) is 0.139. The summed E-state index contributed by atoms with van der Waals surface area (Å²) in [5.41, 5.74) is 2.76. The maximum absolute atomic E-state index is 13.4. The third kappa shape index (κ3) is 7.56. The number of aryl methyl sites for hydroxylation is 1. The lowest BCUT2D eigenvalue weighted by Gasteiger charge is -2.26. The number of hydrogen-bond acceptors (Lipinski definition) is 7. The number of ether oxygens (including phenoxy) is 3. The molecule has 46 heavy (non-hydrogen) atoms.